The fourth-order valence-corrected chi connectivity index (χ4v) is 4.04. The van der Waals surface area contributed by atoms with Crippen LogP contribution in [0.5, 0.6) is 0 Å². The molecule has 0 bridgehead atoms. The van der Waals surface area contributed by atoms with Gasteiger partial charge < -0.3 is 4.57 Å². The Morgan fingerprint density at radius 2 is 1.81 bits per heavy atom. The van der Waals surface area contributed by atoms with Gasteiger partial charge in [-0.15, -0.1) is 0 Å². The summed E-state index contributed by atoms with van der Waals surface area (Å²) in [5.74, 6) is -0.147. The number of aromatic nitrogens is 1. The lowest BCUT2D eigenvalue weighted by atomic mass is 10.0. The van der Waals surface area contributed by atoms with E-state index in [1.165, 1.54) is 0 Å². The highest BCUT2D eigenvalue weighted by molar-refractivity contribution is 6.31. The number of aryl methyl sites for hydroxylation is 2. The van der Waals surface area contributed by atoms with Crippen LogP contribution in [-0.2, 0) is 11.2 Å². The van der Waals surface area contributed by atoms with Gasteiger partial charge in [-0.1, -0.05) is 60.1 Å². The lowest BCUT2D eigenvalue weighted by molar-refractivity contribution is -0.120. The van der Waals surface area contributed by atoms with Crippen LogP contribution in [0, 0.1) is 20.8 Å². The van der Waals surface area contributed by atoms with Crippen molar-refractivity contribution in [2.75, 3.05) is 0 Å². The van der Waals surface area contributed by atoms with E-state index in [1.807, 2.05) is 87.5 Å². The van der Waals surface area contributed by atoms with Gasteiger partial charge in [0.15, 0.2) is 0 Å². The number of rotatable bonds is 5. The summed E-state index contributed by atoms with van der Waals surface area (Å²) in [5, 5.41) is 7.14. The van der Waals surface area contributed by atoms with Crippen molar-refractivity contribution in [1.82, 2.24) is 9.99 Å². The van der Waals surface area contributed by atoms with Gasteiger partial charge in [-0.05, 0) is 60.9 Å². The largest absolute Gasteiger partial charge is 0.318 e. The monoisotopic (exact) mass is 429 g/mol. The number of nitrogens with one attached hydrogen (secondary N) is 1. The van der Waals surface area contributed by atoms with E-state index in [1.54, 1.807) is 6.21 Å². The van der Waals surface area contributed by atoms with Gasteiger partial charge in [0, 0.05) is 27.7 Å². The molecule has 4 nitrogen and oxygen atoms in total. The number of carbonyl (C=O) groups excluding carboxylic acids is 1. The number of benzene rings is 3. The number of halogens is 1. The predicted octanol–water partition coefficient (Wildman–Crippen LogP) is 5.90. The average Bonchev–Trinajstić information content (AvgIpc) is 3.03. The van der Waals surface area contributed by atoms with Gasteiger partial charge in [-0.3, -0.25) is 4.79 Å². The lowest BCUT2D eigenvalue weighted by Crippen LogP contribution is -2.19. The molecule has 0 fully saturated rings. The van der Waals surface area contributed by atoms with E-state index in [9.17, 15) is 4.79 Å². The lowest BCUT2D eigenvalue weighted by Gasteiger charge is -2.11. The van der Waals surface area contributed by atoms with Crippen LogP contribution in [-0.4, -0.2) is 16.7 Å². The maximum Gasteiger partial charge on any atom is 0.244 e. The molecule has 4 aromatic rings. The third-order valence-electron chi connectivity index (χ3n) is 5.51. The van der Waals surface area contributed by atoms with Crippen LogP contribution >= 0.6 is 11.6 Å². The third kappa shape index (κ3) is 4.39. The molecular weight excluding hydrogens is 406 g/mol. The van der Waals surface area contributed by atoms with E-state index in [-0.39, 0.29) is 12.3 Å². The number of carbonyl (C=O) groups is 1. The zero-order valence-electron chi connectivity index (χ0n) is 17.8. The molecule has 1 heterocycles. The van der Waals surface area contributed by atoms with Crippen LogP contribution in [0.4, 0.5) is 0 Å². The summed E-state index contributed by atoms with van der Waals surface area (Å²) < 4.78 is 2.13. The summed E-state index contributed by atoms with van der Waals surface area (Å²) in [6.45, 7) is 6.05. The standard InChI is InChI=1S/C26H24ClN3O/c1-17-11-12-23(15-25(17)27)30-18(2)13-22(19(30)3)16-28-29-26(31)14-21-9-6-8-20-7-4-5-10-24(20)21/h4-13,15-16H,14H2,1-3H3,(H,29,31)/b28-16-. The Balaban J connectivity index is 1.49. The minimum Gasteiger partial charge on any atom is -0.318 e. The van der Waals surface area contributed by atoms with E-state index in [2.05, 4.69) is 15.1 Å². The Labute approximate surface area is 187 Å². The van der Waals surface area contributed by atoms with Gasteiger partial charge in [-0.2, -0.15) is 5.10 Å². The molecule has 3 aromatic carbocycles. The minimum atomic E-state index is -0.147. The van der Waals surface area contributed by atoms with E-state index >= 15 is 0 Å². The molecule has 0 saturated heterocycles. The van der Waals surface area contributed by atoms with Crippen LogP contribution < -0.4 is 5.43 Å². The van der Waals surface area contributed by atoms with Crippen molar-refractivity contribution in [3.63, 3.8) is 0 Å². The molecular formula is C26H24ClN3O. The number of hydrogen-bond acceptors (Lipinski definition) is 2. The summed E-state index contributed by atoms with van der Waals surface area (Å²) >= 11 is 6.31. The number of nitrogens with zero attached hydrogens (tertiary/aromatic N) is 2. The number of amides is 1. The van der Waals surface area contributed by atoms with Crippen molar-refractivity contribution in [3.8, 4) is 5.69 Å². The summed E-state index contributed by atoms with van der Waals surface area (Å²) in [7, 11) is 0. The first-order valence-electron chi connectivity index (χ1n) is 10.2. The first-order chi connectivity index (χ1) is 14.9. The van der Waals surface area contributed by atoms with E-state index in [4.69, 9.17) is 11.6 Å². The second-order valence-corrected chi connectivity index (χ2v) is 8.11. The Hall–Kier alpha value is -3.37. The minimum absolute atomic E-state index is 0.147. The first kappa shape index (κ1) is 20.9. The maximum atomic E-state index is 12.4. The first-order valence-corrected chi connectivity index (χ1v) is 10.6. The van der Waals surface area contributed by atoms with Crippen molar-refractivity contribution in [3.05, 3.63) is 99.8 Å². The van der Waals surface area contributed by atoms with Crippen LogP contribution in [0.15, 0.2) is 71.8 Å². The van der Waals surface area contributed by atoms with E-state index < -0.39 is 0 Å². The highest BCUT2D eigenvalue weighted by Crippen LogP contribution is 2.24. The fraction of sp³-hybridized carbons (Fsp3) is 0.154. The quantitative estimate of drug-likeness (QED) is 0.311. The van der Waals surface area contributed by atoms with Crippen LogP contribution in [0.1, 0.15) is 28.1 Å². The molecule has 5 heteroatoms. The van der Waals surface area contributed by atoms with Crippen LogP contribution in [0.3, 0.4) is 0 Å². The molecule has 0 aliphatic rings. The Bertz CT molecular complexity index is 1300. The highest BCUT2D eigenvalue weighted by atomic mass is 35.5. The molecule has 1 N–H and O–H groups in total. The summed E-state index contributed by atoms with van der Waals surface area (Å²) in [6.07, 6.45) is 1.97. The summed E-state index contributed by atoms with van der Waals surface area (Å²) in [6, 6.07) is 22.1. The molecule has 4 rings (SSSR count). The van der Waals surface area contributed by atoms with Gasteiger partial charge >= 0.3 is 0 Å². The summed E-state index contributed by atoms with van der Waals surface area (Å²) in [4.78, 5) is 12.4. The van der Waals surface area contributed by atoms with Crippen LogP contribution in [0.2, 0.25) is 5.02 Å². The van der Waals surface area contributed by atoms with Crippen molar-refractivity contribution in [2.45, 2.75) is 27.2 Å². The van der Waals surface area contributed by atoms with Gasteiger partial charge in [0.25, 0.3) is 0 Å². The molecule has 0 spiro atoms. The number of hydrogen-bond donors (Lipinski definition) is 1. The Morgan fingerprint density at radius 1 is 1.03 bits per heavy atom. The highest BCUT2D eigenvalue weighted by Gasteiger charge is 2.11. The van der Waals surface area contributed by atoms with Gasteiger partial charge in [0.2, 0.25) is 5.91 Å². The van der Waals surface area contributed by atoms with Gasteiger partial charge in [-0.25, -0.2) is 5.43 Å². The molecule has 0 saturated carbocycles. The van der Waals surface area contributed by atoms with Crippen LogP contribution in [0.25, 0.3) is 16.5 Å². The maximum absolute atomic E-state index is 12.4. The second kappa shape index (κ2) is 8.78. The molecule has 156 valence electrons. The molecule has 0 aliphatic heterocycles. The Morgan fingerprint density at radius 3 is 2.61 bits per heavy atom. The topological polar surface area (TPSA) is 46.4 Å². The SMILES string of the molecule is Cc1ccc(-n2c(C)cc(/C=N\NC(=O)Cc3cccc4ccccc34)c2C)cc1Cl. The zero-order chi connectivity index (χ0) is 22.0. The molecule has 1 amide bonds. The molecule has 1 aromatic heterocycles. The van der Waals surface area contributed by atoms with Crippen molar-refractivity contribution < 1.29 is 4.79 Å². The normalized spacial score (nSPS) is 11.4. The molecule has 0 radical (unpaired) electrons. The fourth-order valence-electron chi connectivity index (χ4n) is 3.87. The molecule has 0 atom stereocenters. The van der Waals surface area contributed by atoms with Gasteiger partial charge in [0.05, 0.1) is 12.6 Å². The second-order valence-electron chi connectivity index (χ2n) is 7.70. The van der Waals surface area contributed by atoms with Crippen molar-refractivity contribution in [2.24, 2.45) is 5.10 Å². The predicted molar refractivity (Wildman–Crippen MR) is 128 cm³/mol. The van der Waals surface area contributed by atoms with E-state index in [0.717, 1.165) is 49.6 Å². The zero-order valence-corrected chi connectivity index (χ0v) is 18.6. The molecule has 0 aliphatic carbocycles. The summed E-state index contributed by atoms with van der Waals surface area (Å²) in [5.41, 5.74) is 8.74. The van der Waals surface area contributed by atoms with E-state index in [0.29, 0.717) is 0 Å². The number of fused-ring (bicyclic) bond motifs is 1. The molecule has 31 heavy (non-hydrogen) atoms. The smallest absolute Gasteiger partial charge is 0.244 e. The van der Waals surface area contributed by atoms with Gasteiger partial charge in [0.1, 0.15) is 0 Å². The van der Waals surface area contributed by atoms with Crippen molar-refractivity contribution in [1.29, 1.82) is 0 Å². The van der Waals surface area contributed by atoms with Crippen molar-refractivity contribution >= 4 is 34.5 Å². The Kier molecular flexibility index (Phi) is 5.92. The number of hydrazone groups is 1. The molecule has 0 unspecified atom stereocenters. The third-order valence-corrected chi connectivity index (χ3v) is 5.91. The average molecular weight is 430 g/mol.